The fraction of sp³-hybridized carbons (Fsp3) is 0.323. The molecule has 0 unspecified atom stereocenters. The molecule has 0 aliphatic carbocycles. The highest BCUT2D eigenvalue weighted by Gasteiger charge is 2.32. The number of benzene rings is 3. The zero-order valence-electron chi connectivity index (χ0n) is 22.8. The maximum atomic E-state index is 13.7. The van der Waals surface area contributed by atoms with Gasteiger partial charge in [0, 0.05) is 31.2 Å². The second-order valence-electron chi connectivity index (χ2n) is 10.7. The van der Waals surface area contributed by atoms with Crippen LogP contribution in [0.3, 0.4) is 0 Å². The summed E-state index contributed by atoms with van der Waals surface area (Å²) in [5, 5.41) is 8.34. The molecule has 39 heavy (non-hydrogen) atoms. The van der Waals surface area contributed by atoms with Crippen LogP contribution in [0.5, 0.6) is 0 Å². The summed E-state index contributed by atoms with van der Waals surface area (Å²) in [5.41, 5.74) is 11.3. The molecule has 0 saturated carbocycles. The summed E-state index contributed by atoms with van der Waals surface area (Å²) in [6, 6.07) is 23.1. The van der Waals surface area contributed by atoms with Crippen molar-refractivity contribution in [2.24, 2.45) is 5.73 Å². The number of rotatable bonds is 8. The van der Waals surface area contributed by atoms with Crippen molar-refractivity contribution in [3.8, 4) is 11.1 Å². The van der Waals surface area contributed by atoms with E-state index in [0.717, 1.165) is 33.5 Å². The number of amides is 4. The van der Waals surface area contributed by atoms with E-state index in [1.165, 1.54) is 0 Å². The topological polar surface area (TPSA) is 117 Å². The summed E-state index contributed by atoms with van der Waals surface area (Å²) in [6.45, 7) is 4.38. The van der Waals surface area contributed by atoms with E-state index in [2.05, 4.69) is 16.0 Å². The minimum absolute atomic E-state index is 0.127. The number of fused-ring (bicyclic) bond motifs is 1. The maximum absolute atomic E-state index is 13.7. The van der Waals surface area contributed by atoms with Crippen LogP contribution in [0.15, 0.2) is 72.8 Å². The molecule has 8 heteroatoms. The van der Waals surface area contributed by atoms with Gasteiger partial charge in [0.25, 0.3) is 0 Å². The molecule has 0 fully saturated rings. The number of aryl methyl sites for hydroxylation is 1. The van der Waals surface area contributed by atoms with Gasteiger partial charge in [0.15, 0.2) is 0 Å². The molecular weight excluding hydrogens is 490 g/mol. The molecule has 0 aromatic heterocycles. The first-order valence-electron chi connectivity index (χ1n) is 13.2. The second kappa shape index (κ2) is 12.1. The zero-order chi connectivity index (χ0) is 28.0. The summed E-state index contributed by atoms with van der Waals surface area (Å²) in [4.78, 5) is 39.8. The van der Waals surface area contributed by atoms with Gasteiger partial charge in [-0.3, -0.25) is 9.59 Å². The van der Waals surface area contributed by atoms with E-state index >= 15 is 0 Å². The normalized spacial score (nSPS) is 15.2. The third-order valence-electron chi connectivity index (χ3n) is 6.79. The Morgan fingerprint density at radius 1 is 1.00 bits per heavy atom. The van der Waals surface area contributed by atoms with Gasteiger partial charge in [0.2, 0.25) is 11.8 Å². The number of nitrogens with one attached hydrogen (secondary N) is 3. The Hall–Kier alpha value is -4.17. The molecule has 3 aromatic rings. The number of para-hydroxylation sites is 1. The van der Waals surface area contributed by atoms with E-state index in [1.54, 1.807) is 25.8 Å². The van der Waals surface area contributed by atoms with Crippen LogP contribution in [0.1, 0.15) is 43.4 Å². The standard InChI is InChI=1S/C31H37N5O3/c1-31(2,32)18-28(37)35-26-17-16-23-8-5-7-11-27(23)36(29(26)38)20-21-12-14-22(15-13-21)25-10-6-4-9-24(25)19-34-30(39)33-3/h4-15,26H,16-20,32H2,1-3H3,(H,35,37)(H2,33,34,39)/t26-/m1/s1. The first kappa shape index (κ1) is 27.9. The van der Waals surface area contributed by atoms with Gasteiger partial charge in [-0.25, -0.2) is 4.79 Å². The van der Waals surface area contributed by atoms with Crippen LogP contribution in [0, 0.1) is 0 Å². The summed E-state index contributed by atoms with van der Waals surface area (Å²) in [5.74, 6) is -0.349. The number of nitrogens with zero attached hydrogens (tertiary/aromatic N) is 1. The average molecular weight is 528 g/mol. The molecule has 0 spiro atoms. The van der Waals surface area contributed by atoms with Crippen molar-refractivity contribution in [3.63, 3.8) is 0 Å². The van der Waals surface area contributed by atoms with Crippen molar-refractivity contribution in [2.75, 3.05) is 11.9 Å². The molecule has 204 valence electrons. The lowest BCUT2D eigenvalue weighted by Crippen LogP contribution is -2.49. The highest BCUT2D eigenvalue weighted by atomic mass is 16.2. The molecule has 4 amide bonds. The van der Waals surface area contributed by atoms with Crippen molar-refractivity contribution < 1.29 is 14.4 Å². The lowest BCUT2D eigenvalue weighted by Gasteiger charge is -2.27. The fourth-order valence-electron chi connectivity index (χ4n) is 4.86. The minimum Gasteiger partial charge on any atom is -0.344 e. The largest absolute Gasteiger partial charge is 0.344 e. The minimum atomic E-state index is -0.653. The Morgan fingerprint density at radius 2 is 1.69 bits per heavy atom. The lowest BCUT2D eigenvalue weighted by molar-refractivity contribution is -0.128. The van der Waals surface area contributed by atoms with E-state index in [9.17, 15) is 14.4 Å². The number of nitrogens with two attached hydrogens (primary N) is 1. The Labute approximate surface area is 230 Å². The molecule has 5 N–H and O–H groups in total. The van der Waals surface area contributed by atoms with Crippen LogP contribution < -0.4 is 26.6 Å². The van der Waals surface area contributed by atoms with Gasteiger partial charge in [-0.15, -0.1) is 0 Å². The van der Waals surface area contributed by atoms with Crippen LogP contribution in [0.4, 0.5) is 10.5 Å². The van der Waals surface area contributed by atoms with Gasteiger partial charge in [0.1, 0.15) is 6.04 Å². The number of urea groups is 1. The molecule has 3 aromatic carbocycles. The van der Waals surface area contributed by atoms with Crippen molar-refractivity contribution in [3.05, 3.63) is 89.5 Å². The summed E-state index contributed by atoms with van der Waals surface area (Å²) in [6.07, 6.45) is 1.36. The molecule has 0 radical (unpaired) electrons. The van der Waals surface area contributed by atoms with Gasteiger partial charge < -0.3 is 26.6 Å². The van der Waals surface area contributed by atoms with E-state index in [-0.39, 0.29) is 24.3 Å². The number of carbonyl (C=O) groups excluding carboxylic acids is 3. The molecular formula is C31H37N5O3. The lowest BCUT2D eigenvalue weighted by atomic mass is 9.98. The van der Waals surface area contributed by atoms with E-state index in [0.29, 0.717) is 25.9 Å². The third kappa shape index (κ3) is 7.23. The molecule has 0 bridgehead atoms. The van der Waals surface area contributed by atoms with Crippen molar-refractivity contribution in [1.29, 1.82) is 0 Å². The molecule has 1 aliphatic rings. The quantitative estimate of drug-likeness (QED) is 0.356. The molecule has 8 nitrogen and oxygen atoms in total. The van der Waals surface area contributed by atoms with Crippen LogP contribution >= 0.6 is 0 Å². The smallest absolute Gasteiger partial charge is 0.314 e. The Balaban J connectivity index is 1.55. The third-order valence-corrected chi connectivity index (χ3v) is 6.79. The summed E-state index contributed by atoms with van der Waals surface area (Å²) >= 11 is 0. The van der Waals surface area contributed by atoms with Gasteiger partial charge >= 0.3 is 6.03 Å². The number of hydrogen-bond donors (Lipinski definition) is 4. The fourth-order valence-corrected chi connectivity index (χ4v) is 4.86. The first-order chi connectivity index (χ1) is 18.6. The summed E-state index contributed by atoms with van der Waals surface area (Å²) < 4.78 is 0. The molecule has 1 heterocycles. The SMILES string of the molecule is CNC(=O)NCc1ccccc1-c1ccc(CN2C(=O)[C@H](NC(=O)CC(C)(C)N)CCc3ccccc32)cc1. The van der Waals surface area contributed by atoms with Crippen LogP contribution in [0.25, 0.3) is 11.1 Å². The van der Waals surface area contributed by atoms with Crippen LogP contribution in [-0.4, -0.2) is 36.5 Å². The zero-order valence-corrected chi connectivity index (χ0v) is 22.8. The van der Waals surface area contributed by atoms with Crippen molar-refractivity contribution >= 4 is 23.5 Å². The predicted molar refractivity (Wildman–Crippen MR) is 154 cm³/mol. The highest BCUT2D eigenvalue weighted by molar-refractivity contribution is 6.00. The van der Waals surface area contributed by atoms with Gasteiger partial charge in [0.05, 0.1) is 6.54 Å². The monoisotopic (exact) mass is 527 g/mol. The van der Waals surface area contributed by atoms with Gasteiger partial charge in [-0.1, -0.05) is 66.7 Å². The second-order valence-corrected chi connectivity index (χ2v) is 10.7. The van der Waals surface area contributed by atoms with E-state index in [4.69, 9.17) is 5.73 Å². The van der Waals surface area contributed by atoms with E-state index < -0.39 is 11.6 Å². The van der Waals surface area contributed by atoms with Crippen LogP contribution in [0.2, 0.25) is 0 Å². The molecule has 1 atom stereocenters. The van der Waals surface area contributed by atoms with Gasteiger partial charge in [-0.05, 0) is 60.6 Å². The molecule has 4 rings (SSSR count). The summed E-state index contributed by atoms with van der Waals surface area (Å²) in [7, 11) is 1.59. The Morgan fingerprint density at radius 3 is 2.41 bits per heavy atom. The predicted octanol–water partition coefficient (Wildman–Crippen LogP) is 3.87. The van der Waals surface area contributed by atoms with Crippen molar-refractivity contribution in [1.82, 2.24) is 16.0 Å². The molecule has 1 aliphatic heterocycles. The Bertz CT molecular complexity index is 1330. The van der Waals surface area contributed by atoms with E-state index in [1.807, 2.05) is 72.8 Å². The molecule has 0 saturated heterocycles. The maximum Gasteiger partial charge on any atom is 0.314 e. The van der Waals surface area contributed by atoms with Crippen molar-refractivity contribution in [2.45, 2.75) is 57.8 Å². The van der Waals surface area contributed by atoms with Crippen LogP contribution in [-0.2, 0) is 29.1 Å². The number of anilines is 1. The number of hydrogen-bond acceptors (Lipinski definition) is 4. The highest BCUT2D eigenvalue weighted by Crippen LogP contribution is 2.30. The average Bonchev–Trinajstić information content (AvgIpc) is 3.03. The Kier molecular flexibility index (Phi) is 8.66. The first-order valence-corrected chi connectivity index (χ1v) is 13.2. The van der Waals surface area contributed by atoms with Gasteiger partial charge in [-0.2, -0.15) is 0 Å². The number of carbonyl (C=O) groups is 3.